The highest BCUT2D eigenvalue weighted by Gasteiger charge is 2.17. The van der Waals surface area contributed by atoms with Gasteiger partial charge in [-0.25, -0.2) is 0 Å². The first-order valence-electron chi connectivity index (χ1n) is 10.4. The molecule has 0 aliphatic carbocycles. The second-order valence-electron chi connectivity index (χ2n) is 7.97. The van der Waals surface area contributed by atoms with Crippen molar-refractivity contribution in [3.05, 3.63) is 136 Å². The molecule has 1 heteroatoms. The predicted molar refractivity (Wildman–Crippen MR) is 130 cm³/mol. The van der Waals surface area contributed by atoms with Gasteiger partial charge in [-0.3, -0.25) is 0 Å². The number of allylic oxidation sites excluding steroid dienone is 1. The number of hydrogen-bond acceptors (Lipinski definition) is 1. The van der Waals surface area contributed by atoms with Gasteiger partial charge in [-0.1, -0.05) is 91.5 Å². The molecule has 30 heavy (non-hydrogen) atoms. The van der Waals surface area contributed by atoms with Gasteiger partial charge in [0.2, 0.25) is 0 Å². The third-order valence-electron chi connectivity index (χ3n) is 5.46. The number of rotatable bonds is 7. The third kappa shape index (κ3) is 4.80. The maximum absolute atomic E-state index is 4.42. The smallest absolute Gasteiger partial charge is 0.0403 e. The molecule has 0 aromatic heterocycles. The van der Waals surface area contributed by atoms with E-state index in [2.05, 4.69) is 119 Å². The first kappa shape index (κ1) is 21.4. The van der Waals surface area contributed by atoms with Crippen LogP contribution in [0.1, 0.15) is 40.3 Å². The van der Waals surface area contributed by atoms with Crippen molar-refractivity contribution in [2.45, 2.75) is 34.2 Å². The number of benzene rings is 3. The largest absolute Gasteiger partial charge is 0.381 e. The van der Waals surface area contributed by atoms with E-state index in [1.54, 1.807) is 0 Å². The fourth-order valence-corrected chi connectivity index (χ4v) is 3.77. The summed E-state index contributed by atoms with van der Waals surface area (Å²) in [5, 5.41) is 3.56. The zero-order valence-electron chi connectivity index (χ0n) is 18.5. The van der Waals surface area contributed by atoms with Crippen molar-refractivity contribution in [3.63, 3.8) is 0 Å². The molecule has 1 nitrogen and oxygen atoms in total. The standard InChI is InChI=1S/C29H31N/c1-20(2)28(24(6)30-19-26-15-11-10-12-22(26)4)29(25-13-8-7-9-14-25)27-18-21(3)16-17-23(27)5/h7-18,30H,1,6,19H2,2-5H3/b29-28+. The Hall–Kier alpha value is -3.32. The van der Waals surface area contributed by atoms with Crippen LogP contribution in [0, 0.1) is 20.8 Å². The highest BCUT2D eigenvalue weighted by molar-refractivity contribution is 5.88. The van der Waals surface area contributed by atoms with Crippen LogP contribution >= 0.6 is 0 Å². The van der Waals surface area contributed by atoms with Gasteiger partial charge in [0.05, 0.1) is 0 Å². The minimum Gasteiger partial charge on any atom is -0.381 e. The average molecular weight is 394 g/mol. The zero-order chi connectivity index (χ0) is 21.7. The summed E-state index contributed by atoms with van der Waals surface area (Å²) in [7, 11) is 0. The summed E-state index contributed by atoms with van der Waals surface area (Å²) in [5.41, 5.74) is 11.6. The molecule has 0 unspecified atom stereocenters. The minimum absolute atomic E-state index is 0.733. The molecule has 0 heterocycles. The highest BCUT2D eigenvalue weighted by atomic mass is 14.9. The molecule has 3 aromatic rings. The van der Waals surface area contributed by atoms with E-state index in [-0.39, 0.29) is 0 Å². The molecule has 0 spiro atoms. The SMILES string of the molecule is C=C(C)/C(C(=C)NCc1ccccc1C)=C(/c1ccccc1)c1cc(C)ccc1C. The molecular formula is C29H31N. The Bertz CT molecular complexity index is 1100. The fraction of sp³-hybridized carbons (Fsp3) is 0.172. The Morgan fingerprint density at radius 1 is 0.800 bits per heavy atom. The number of aryl methyl sites for hydroxylation is 3. The Morgan fingerprint density at radius 2 is 1.47 bits per heavy atom. The van der Waals surface area contributed by atoms with Gasteiger partial charge < -0.3 is 5.32 Å². The molecule has 0 saturated carbocycles. The molecule has 152 valence electrons. The van der Waals surface area contributed by atoms with Crippen molar-refractivity contribution < 1.29 is 0 Å². The Kier molecular flexibility index (Phi) is 6.74. The molecule has 0 fully saturated rings. The van der Waals surface area contributed by atoms with E-state index in [1.165, 1.54) is 39.0 Å². The van der Waals surface area contributed by atoms with Gasteiger partial charge in [0, 0.05) is 17.8 Å². The second kappa shape index (κ2) is 9.45. The Morgan fingerprint density at radius 3 is 2.13 bits per heavy atom. The first-order chi connectivity index (χ1) is 14.4. The molecule has 0 aliphatic rings. The van der Waals surface area contributed by atoms with E-state index in [4.69, 9.17) is 0 Å². The van der Waals surface area contributed by atoms with Crippen LogP contribution in [0.25, 0.3) is 5.57 Å². The first-order valence-corrected chi connectivity index (χ1v) is 10.4. The summed E-state index contributed by atoms with van der Waals surface area (Å²) >= 11 is 0. The minimum atomic E-state index is 0.733. The number of nitrogens with one attached hydrogen (secondary N) is 1. The van der Waals surface area contributed by atoms with Crippen LogP contribution in [0.15, 0.2) is 103 Å². The molecule has 3 aromatic carbocycles. The van der Waals surface area contributed by atoms with Crippen LogP contribution in [0.3, 0.4) is 0 Å². The van der Waals surface area contributed by atoms with Gasteiger partial charge in [-0.05, 0) is 66.7 Å². The quantitative estimate of drug-likeness (QED) is 0.415. The average Bonchev–Trinajstić information content (AvgIpc) is 2.73. The molecule has 0 atom stereocenters. The summed E-state index contributed by atoms with van der Waals surface area (Å²) in [4.78, 5) is 0. The molecule has 0 saturated heterocycles. The number of hydrogen-bond donors (Lipinski definition) is 1. The summed E-state index contributed by atoms with van der Waals surface area (Å²) in [6, 6.07) is 25.6. The van der Waals surface area contributed by atoms with Gasteiger partial charge in [0.15, 0.2) is 0 Å². The molecule has 0 bridgehead atoms. The lowest BCUT2D eigenvalue weighted by molar-refractivity contribution is 0.820. The van der Waals surface area contributed by atoms with Crippen molar-refractivity contribution in [2.24, 2.45) is 0 Å². The summed E-state index contributed by atoms with van der Waals surface area (Å²) in [5.74, 6) is 0. The van der Waals surface area contributed by atoms with Gasteiger partial charge in [0.1, 0.15) is 0 Å². The lowest BCUT2D eigenvalue weighted by Crippen LogP contribution is -2.16. The Labute approximate surface area is 181 Å². The summed E-state index contributed by atoms with van der Waals surface area (Å²) in [6.45, 7) is 18.0. The van der Waals surface area contributed by atoms with Crippen LogP contribution in [0.5, 0.6) is 0 Å². The van der Waals surface area contributed by atoms with Crippen LogP contribution < -0.4 is 5.32 Å². The molecule has 0 radical (unpaired) electrons. The third-order valence-corrected chi connectivity index (χ3v) is 5.46. The molecule has 0 amide bonds. The maximum atomic E-state index is 4.42. The van der Waals surface area contributed by atoms with Crippen LogP contribution in [0.4, 0.5) is 0 Å². The van der Waals surface area contributed by atoms with Crippen LogP contribution in [-0.4, -0.2) is 0 Å². The maximum Gasteiger partial charge on any atom is 0.0403 e. The highest BCUT2D eigenvalue weighted by Crippen LogP contribution is 2.35. The topological polar surface area (TPSA) is 12.0 Å². The van der Waals surface area contributed by atoms with Crippen LogP contribution in [0.2, 0.25) is 0 Å². The van der Waals surface area contributed by atoms with E-state index in [1.807, 2.05) is 0 Å². The molecular weight excluding hydrogens is 362 g/mol. The second-order valence-corrected chi connectivity index (χ2v) is 7.97. The van der Waals surface area contributed by atoms with E-state index < -0.39 is 0 Å². The monoisotopic (exact) mass is 393 g/mol. The normalized spacial score (nSPS) is 11.6. The van der Waals surface area contributed by atoms with E-state index >= 15 is 0 Å². The van der Waals surface area contributed by atoms with E-state index in [0.29, 0.717) is 0 Å². The van der Waals surface area contributed by atoms with E-state index in [9.17, 15) is 0 Å². The van der Waals surface area contributed by atoms with E-state index in [0.717, 1.165) is 23.4 Å². The van der Waals surface area contributed by atoms with Gasteiger partial charge >= 0.3 is 0 Å². The van der Waals surface area contributed by atoms with Crippen molar-refractivity contribution in [1.29, 1.82) is 0 Å². The predicted octanol–water partition coefficient (Wildman–Crippen LogP) is 7.29. The summed E-state index contributed by atoms with van der Waals surface area (Å²) < 4.78 is 0. The van der Waals surface area contributed by atoms with Crippen LogP contribution in [-0.2, 0) is 6.54 Å². The van der Waals surface area contributed by atoms with Gasteiger partial charge in [-0.15, -0.1) is 0 Å². The fourth-order valence-electron chi connectivity index (χ4n) is 3.77. The molecule has 3 rings (SSSR count). The van der Waals surface area contributed by atoms with Gasteiger partial charge in [-0.2, -0.15) is 0 Å². The van der Waals surface area contributed by atoms with Crippen molar-refractivity contribution in [1.82, 2.24) is 5.32 Å². The lowest BCUT2D eigenvalue weighted by Gasteiger charge is -2.22. The van der Waals surface area contributed by atoms with Crippen molar-refractivity contribution in [3.8, 4) is 0 Å². The summed E-state index contributed by atoms with van der Waals surface area (Å²) in [6.07, 6.45) is 0. The zero-order valence-corrected chi connectivity index (χ0v) is 18.5. The lowest BCUT2D eigenvalue weighted by atomic mass is 9.86. The van der Waals surface area contributed by atoms with Crippen molar-refractivity contribution in [2.75, 3.05) is 0 Å². The molecule has 1 N–H and O–H groups in total. The Balaban J connectivity index is 2.13. The van der Waals surface area contributed by atoms with Gasteiger partial charge in [0.25, 0.3) is 0 Å². The molecule has 0 aliphatic heterocycles. The van der Waals surface area contributed by atoms with Crippen molar-refractivity contribution >= 4 is 5.57 Å².